The summed E-state index contributed by atoms with van der Waals surface area (Å²) in [6, 6.07) is 10.7. The van der Waals surface area contributed by atoms with Gasteiger partial charge in [-0.3, -0.25) is 4.98 Å². The summed E-state index contributed by atoms with van der Waals surface area (Å²) in [5, 5.41) is 12.1. The molecular weight excluding hydrogens is 228 g/mol. The highest BCUT2D eigenvalue weighted by Crippen LogP contribution is 2.12. The number of carbonyl (C=O) groups is 1. The normalized spacial score (nSPS) is 10.1. The first kappa shape index (κ1) is 12.1. The Morgan fingerprint density at radius 1 is 1.33 bits per heavy atom. The van der Waals surface area contributed by atoms with Gasteiger partial charge in [-0.15, -0.1) is 0 Å². The Morgan fingerprint density at radius 2 is 2.17 bits per heavy atom. The number of anilines is 1. The number of aryl methyl sites for hydroxylation is 1. The second-order valence-corrected chi connectivity index (χ2v) is 4.05. The second kappa shape index (κ2) is 5.31. The van der Waals surface area contributed by atoms with Gasteiger partial charge >= 0.3 is 5.97 Å². The molecule has 1 aromatic carbocycles. The molecule has 0 radical (unpaired) electrons. The molecule has 1 heterocycles. The van der Waals surface area contributed by atoms with Crippen molar-refractivity contribution in [3.63, 3.8) is 0 Å². The Kier molecular flexibility index (Phi) is 3.57. The van der Waals surface area contributed by atoms with E-state index in [-0.39, 0.29) is 5.56 Å². The van der Waals surface area contributed by atoms with Gasteiger partial charge in [0.05, 0.1) is 5.56 Å². The maximum absolute atomic E-state index is 10.8. The van der Waals surface area contributed by atoms with Crippen LogP contribution in [0.3, 0.4) is 0 Å². The molecule has 92 valence electrons. The van der Waals surface area contributed by atoms with E-state index in [2.05, 4.69) is 10.3 Å². The number of aromatic nitrogens is 1. The van der Waals surface area contributed by atoms with Crippen LogP contribution in [0.5, 0.6) is 0 Å². The van der Waals surface area contributed by atoms with E-state index in [1.54, 1.807) is 18.2 Å². The summed E-state index contributed by atoms with van der Waals surface area (Å²) < 4.78 is 0. The van der Waals surface area contributed by atoms with Crippen LogP contribution in [0.1, 0.15) is 21.6 Å². The molecule has 0 aliphatic heterocycles. The van der Waals surface area contributed by atoms with Gasteiger partial charge in [-0.05, 0) is 36.8 Å². The molecule has 18 heavy (non-hydrogen) atoms. The Morgan fingerprint density at radius 3 is 2.83 bits per heavy atom. The number of hydrogen-bond acceptors (Lipinski definition) is 3. The van der Waals surface area contributed by atoms with E-state index in [0.717, 1.165) is 16.9 Å². The monoisotopic (exact) mass is 242 g/mol. The van der Waals surface area contributed by atoms with Crippen LogP contribution in [0.4, 0.5) is 5.69 Å². The number of nitrogens with one attached hydrogen (secondary N) is 1. The van der Waals surface area contributed by atoms with Gasteiger partial charge in [0.1, 0.15) is 0 Å². The molecular formula is C14H14N2O2. The highest BCUT2D eigenvalue weighted by molar-refractivity contribution is 5.88. The smallest absolute Gasteiger partial charge is 0.335 e. The number of rotatable bonds is 4. The van der Waals surface area contributed by atoms with E-state index >= 15 is 0 Å². The summed E-state index contributed by atoms with van der Waals surface area (Å²) in [5.41, 5.74) is 3.10. The number of benzene rings is 1. The van der Waals surface area contributed by atoms with Crippen LogP contribution in [0.15, 0.2) is 42.6 Å². The van der Waals surface area contributed by atoms with E-state index in [1.807, 2.05) is 31.3 Å². The van der Waals surface area contributed by atoms with Gasteiger partial charge in [0.2, 0.25) is 0 Å². The molecule has 4 heteroatoms. The zero-order valence-corrected chi connectivity index (χ0v) is 10.1. The van der Waals surface area contributed by atoms with Crippen molar-refractivity contribution >= 4 is 11.7 Å². The van der Waals surface area contributed by atoms with Crippen molar-refractivity contribution in [1.29, 1.82) is 0 Å². The second-order valence-electron chi connectivity index (χ2n) is 4.05. The molecule has 0 saturated carbocycles. The van der Waals surface area contributed by atoms with Crippen molar-refractivity contribution in [2.24, 2.45) is 0 Å². The van der Waals surface area contributed by atoms with Gasteiger partial charge in [0.25, 0.3) is 0 Å². The molecule has 0 fully saturated rings. The number of hydrogen-bond donors (Lipinski definition) is 2. The van der Waals surface area contributed by atoms with Gasteiger partial charge in [-0.2, -0.15) is 0 Å². The zero-order valence-electron chi connectivity index (χ0n) is 10.1. The third kappa shape index (κ3) is 3.07. The van der Waals surface area contributed by atoms with Crippen LogP contribution < -0.4 is 5.32 Å². The lowest BCUT2D eigenvalue weighted by Crippen LogP contribution is -2.02. The van der Waals surface area contributed by atoms with Crippen molar-refractivity contribution in [2.75, 3.05) is 5.32 Å². The SMILES string of the molecule is Cc1ccc(CNc2cccc(C(=O)O)c2)cn1. The van der Waals surface area contributed by atoms with E-state index in [0.29, 0.717) is 6.54 Å². The lowest BCUT2D eigenvalue weighted by molar-refractivity contribution is 0.0697. The minimum absolute atomic E-state index is 0.280. The minimum Gasteiger partial charge on any atom is -0.478 e. The van der Waals surface area contributed by atoms with Gasteiger partial charge in [-0.25, -0.2) is 4.79 Å². The molecule has 2 N–H and O–H groups in total. The van der Waals surface area contributed by atoms with Crippen molar-refractivity contribution in [2.45, 2.75) is 13.5 Å². The fourth-order valence-corrected chi connectivity index (χ4v) is 1.57. The van der Waals surface area contributed by atoms with E-state index in [4.69, 9.17) is 5.11 Å². The standard InChI is InChI=1S/C14H14N2O2/c1-10-5-6-11(8-15-10)9-16-13-4-2-3-12(7-13)14(17)18/h2-8,16H,9H2,1H3,(H,17,18). The lowest BCUT2D eigenvalue weighted by Gasteiger charge is -2.07. The summed E-state index contributed by atoms with van der Waals surface area (Å²) in [6.07, 6.45) is 1.81. The van der Waals surface area contributed by atoms with Gasteiger partial charge in [0, 0.05) is 24.1 Å². The number of carboxylic acids is 1. The summed E-state index contributed by atoms with van der Waals surface area (Å²) >= 11 is 0. The van der Waals surface area contributed by atoms with E-state index in [9.17, 15) is 4.79 Å². The molecule has 0 aliphatic carbocycles. The Balaban J connectivity index is 2.04. The summed E-state index contributed by atoms with van der Waals surface area (Å²) in [7, 11) is 0. The molecule has 2 rings (SSSR count). The predicted molar refractivity (Wildman–Crippen MR) is 69.7 cm³/mol. The lowest BCUT2D eigenvalue weighted by atomic mass is 10.2. The topological polar surface area (TPSA) is 62.2 Å². The minimum atomic E-state index is -0.921. The van der Waals surface area contributed by atoms with Crippen LogP contribution in [-0.2, 0) is 6.54 Å². The first-order valence-corrected chi connectivity index (χ1v) is 5.64. The first-order valence-electron chi connectivity index (χ1n) is 5.64. The number of nitrogens with zero attached hydrogens (tertiary/aromatic N) is 1. The quantitative estimate of drug-likeness (QED) is 0.865. The molecule has 0 saturated heterocycles. The number of carboxylic acid groups (broad SMARTS) is 1. The van der Waals surface area contributed by atoms with E-state index in [1.165, 1.54) is 0 Å². The predicted octanol–water partition coefficient (Wildman–Crippen LogP) is 2.70. The average Bonchev–Trinajstić information content (AvgIpc) is 2.38. The third-order valence-electron chi connectivity index (χ3n) is 2.58. The molecule has 1 aromatic heterocycles. The summed E-state index contributed by atoms with van der Waals surface area (Å²) in [6.45, 7) is 2.56. The third-order valence-corrected chi connectivity index (χ3v) is 2.58. The van der Waals surface area contributed by atoms with Crippen LogP contribution in [0.25, 0.3) is 0 Å². The van der Waals surface area contributed by atoms with Crippen LogP contribution in [0, 0.1) is 6.92 Å². The molecule has 0 aliphatic rings. The van der Waals surface area contributed by atoms with Gasteiger partial charge < -0.3 is 10.4 Å². The van der Waals surface area contributed by atoms with Crippen molar-refractivity contribution in [3.8, 4) is 0 Å². The van der Waals surface area contributed by atoms with Crippen molar-refractivity contribution in [1.82, 2.24) is 4.98 Å². The molecule has 0 bridgehead atoms. The van der Waals surface area contributed by atoms with Crippen LogP contribution >= 0.6 is 0 Å². The van der Waals surface area contributed by atoms with E-state index < -0.39 is 5.97 Å². The largest absolute Gasteiger partial charge is 0.478 e. The molecule has 0 spiro atoms. The van der Waals surface area contributed by atoms with Crippen LogP contribution in [-0.4, -0.2) is 16.1 Å². The zero-order chi connectivity index (χ0) is 13.0. The Labute approximate surface area is 105 Å². The molecule has 0 amide bonds. The summed E-state index contributed by atoms with van der Waals surface area (Å²) in [5.74, 6) is -0.921. The highest BCUT2D eigenvalue weighted by Gasteiger charge is 2.02. The van der Waals surface area contributed by atoms with Crippen molar-refractivity contribution < 1.29 is 9.90 Å². The van der Waals surface area contributed by atoms with Gasteiger partial charge in [0.15, 0.2) is 0 Å². The molecule has 0 atom stereocenters. The first-order chi connectivity index (χ1) is 8.65. The maximum Gasteiger partial charge on any atom is 0.335 e. The van der Waals surface area contributed by atoms with Crippen LogP contribution in [0.2, 0.25) is 0 Å². The fraction of sp³-hybridized carbons (Fsp3) is 0.143. The van der Waals surface area contributed by atoms with Crippen molar-refractivity contribution in [3.05, 3.63) is 59.4 Å². The Bertz CT molecular complexity index is 550. The molecule has 2 aromatic rings. The number of pyridine rings is 1. The molecule has 4 nitrogen and oxygen atoms in total. The highest BCUT2D eigenvalue weighted by atomic mass is 16.4. The fourth-order valence-electron chi connectivity index (χ4n) is 1.57. The summed E-state index contributed by atoms with van der Waals surface area (Å²) in [4.78, 5) is 15.0. The average molecular weight is 242 g/mol. The van der Waals surface area contributed by atoms with Gasteiger partial charge in [-0.1, -0.05) is 12.1 Å². The molecule has 0 unspecified atom stereocenters. The number of aromatic carboxylic acids is 1. The Hall–Kier alpha value is -2.36. The maximum atomic E-state index is 10.8.